The van der Waals surface area contributed by atoms with E-state index < -0.39 is 7.77 Å². The highest BCUT2D eigenvalue weighted by molar-refractivity contribution is 7.51. The smallest absolute Gasteiger partial charge is 0.273 e. The van der Waals surface area contributed by atoms with Crippen LogP contribution in [0, 0.1) is 0 Å². The van der Waals surface area contributed by atoms with Gasteiger partial charge in [-0.3, -0.25) is 0 Å². The first kappa shape index (κ1) is 12.0. The first-order valence-corrected chi connectivity index (χ1v) is 5.61. The highest BCUT2D eigenvalue weighted by atomic mass is 31.1. The lowest BCUT2D eigenvalue weighted by Gasteiger charge is -2.22. The number of rotatable bonds is 4. The first-order chi connectivity index (χ1) is 5.37. The molecule has 0 heterocycles. The molecule has 0 saturated heterocycles. The maximum absolute atomic E-state index is 11.3. The number of likely N-dealkylation sites (N-methyl/N-ethyl adjacent to an activating group) is 1. The zero-order valence-corrected chi connectivity index (χ0v) is 9.27. The zero-order chi connectivity index (χ0) is 9.78. The summed E-state index contributed by atoms with van der Waals surface area (Å²) in [6.07, 6.45) is 1.46. The van der Waals surface area contributed by atoms with E-state index in [1.165, 1.54) is 0 Å². The van der Waals surface area contributed by atoms with Crippen LogP contribution in [0.3, 0.4) is 0 Å². The van der Waals surface area contributed by atoms with Gasteiger partial charge < -0.3 is 14.5 Å². The van der Waals surface area contributed by atoms with Crippen molar-refractivity contribution in [2.24, 2.45) is 0 Å². The molecule has 0 saturated carbocycles. The van der Waals surface area contributed by atoms with Crippen molar-refractivity contribution in [3.05, 3.63) is 0 Å². The molecule has 1 N–H and O–H groups in total. The van der Waals surface area contributed by atoms with Crippen LogP contribution >= 0.6 is 7.77 Å². The largest absolute Gasteiger partial charge is 0.629 e. The summed E-state index contributed by atoms with van der Waals surface area (Å²) in [7, 11) is 4.39. The lowest BCUT2D eigenvalue weighted by atomic mass is 10.5. The topological polar surface area (TPSA) is 43.3 Å². The van der Waals surface area contributed by atoms with Gasteiger partial charge in [-0.2, -0.15) is 0 Å². The second-order valence-electron chi connectivity index (χ2n) is 3.97. The van der Waals surface area contributed by atoms with Crippen LogP contribution in [0.4, 0.5) is 0 Å². The van der Waals surface area contributed by atoms with Gasteiger partial charge in [0.05, 0.1) is 28.9 Å². The molecule has 0 rings (SSSR count). The number of hydrogen-bond donors (Lipinski definition) is 1. The minimum Gasteiger partial charge on any atom is -0.629 e. The molecule has 1 unspecified atom stereocenters. The Morgan fingerprint density at radius 2 is 1.92 bits per heavy atom. The van der Waals surface area contributed by atoms with Gasteiger partial charge in [0.15, 0.2) is 6.54 Å². The van der Waals surface area contributed by atoms with E-state index in [1.807, 2.05) is 28.1 Å². The van der Waals surface area contributed by atoms with Gasteiger partial charge >= 0.3 is 0 Å². The number of nitrogens with zero attached hydrogens (tertiary/aromatic N) is 1. The molecule has 0 aromatic heterocycles. The summed E-state index contributed by atoms with van der Waals surface area (Å²) in [6.45, 7) is 2.45. The Morgan fingerprint density at radius 1 is 1.42 bits per heavy atom. The predicted octanol–water partition coefficient (Wildman–Crippen LogP) is 0.362. The summed E-state index contributed by atoms with van der Waals surface area (Å²) >= 11 is 0. The van der Waals surface area contributed by atoms with Gasteiger partial charge in [-0.05, 0) is 6.42 Å². The summed E-state index contributed by atoms with van der Waals surface area (Å²) in [5, 5.41) is 9.40. The molecule has 0 aromatic carbocycles. The molecular formula is C8H19NO2P+. The molecule has 0 spiro atoms. The average Bonchev–Trinajstić information content (AvgIpc) is 1.84. The molecule has 4 heteroatoms. The van der Waals surface area contributed by atoms with Crippen LogP contribution in [0.1, 0.15) is 13.3 Å². The molecule has 3 nitrogen and oxygen atoms in total. The summed E-state index contributed by atoms with van der Waals surface area (Å²) < 4.78 is 0.622. The Balaban J connectivity index is 4.17. The van der Waals surface area contributed by atoms with Crippen LogP contribution in [-0.2, 0) is 0 Å². The zero-order valence-electron chi connectivity index (χ0n) is 8.37. The summed E-state index contributed by atoms with van der Waals surface area (Å²) in [4.78, 5) is 11.3. The lowest BCUT2D eigenvalue weighted by Crippen LogP contribution is -2.39. The molecule has 0 amide bonds. The van der Waals surface area contributed by atoms with Crippen molar-refractivity contribution in [3.8, 4) is 0 Å². The summed E-state index contributed by atoms with van der Waals surface area (Å²) in [5.74, 6) is 0. The van der Waals surface area contributed by atoms with Gasteiger partial charge in [0.2, 0.25) is 0 Å². The fourth-order valence-corrected chi connectivity index (χ4v) is 2.08. The molecule has 72 valence electrons. The van der Waals surface area contributed by atoms with Crippen molar-refractivity contribution in [1.82, 2.24) is 0 Å². The standard InChI is InChI=1S/C8H18NO2P/c1-5-6-12(11)8(10)7-9(2,3)4/h5-7H2,1-4H3/p+1. The second kappa shape index (κ2) is 4.93. The highest BCUT2D eigenvalue weighted by Gasteiger charge is 2.16. The van der Waals surface area contributed by atoms with Crippen molar-refractivity contribution in [3.63, 3.8) is 0 Å². The Hall–Kier alpha value is 0.0500. The quantitative estimate of drug-likeness (QED) is 0.516. The fourth-order valence-electron chi connectivity index (χ4n) is 0.835. The van der Waals surface area contributed by atoms with Crippen LogP contribution in [0.2, 0.25) is 0 Å². The Bertz CT molecular complexity index is 172. The van der Waals surface area contributed by atoms with Crippen LogP contribution in [0.25, 0.3) is 0 Å². The van der Waals surface area contributed by atoms with Crippen molar-refractivity contribution >= 4 is 13.3 Å². The third kappa shape index (κ3) is 5.67. The molecule has 0 fully saturated rings. The maximum Gasteiger partial charge on any atom is 0.273 e. The van der Waals surface area contributed by atoms with E-state index in [2.05, 4.69) is 0 Å². The second-order valence-corrected chi connectivity index (χ2v) is 5.69. The van der Waals surface area contributed by atoms with Crippen molar-refractivity contribution < 1.29 is 14.5 Å². The third-order valence-electron chi connectivity index (χ3n) is 1.33. The molecule has 0 aliphatic rings. The van der Waals surface area contributed by atoms with Gasteiger partial charge in [0, 0.05) is 0 Å². The van der Waals surface area contributed by atoms with E-state index in [9.17, 15) is 10.00 Å². The minimum absolute atomic E-state index is 0.152. The predicted molar refractivity (Wildman–Crippen MR) is 51.9 cm³/mol. The lowest BCUT2D eigenvalue weighted by molar-refractivity contribution is -0.861. The number of aliphatic hydroxyl groups excluding tert-OH is 1. The van der Waals surface area contributed by atoms with Crippen molar-refractivity contribution in [2.45, 2.75) is 13.3 Å². The van der Waals surface area contributed by atoms with Crippen LogP contribution in [0.15, 0.2) is 0 Å². The van der Waals surface area contributed by atoms with Crippen LogP contribution in [-0.4, -0.2) is 48.9 Å². The molecule has 0 radical (unpaired) electrons. The van der Waals surface area contributed by atoms with E-state index in [0.717, 1.165) is 6.42 Å². The van der Waals surface area contributed by atoms with Crippen molar-refractivity contribution in [1.29, 1.82) is 0 Å². The van der Waals surface area contributed by atoms with Gasteiger partial charge in [-0.25, -0.2) is 0 Å². The van der Waals surface area contributed by atoms with Gasteiger partial charge in [-0.15, -0.1) is 0 Å². The molecule has 1 atom stereocenters. The van der Waals surface area contributed by atoms with Gasteiger partial charge in [-0.1, -0.05) is 6.92 Å². The van der Waals surface area contributed by atoms with E-state index >= 15 is 0 Å². The van der Waals surface area contributed by atoms with Gasteiger partial charge in [0.25, 0.3) is 5.48 Å². The highest BCUT2D eigenvalue weighted by Crippen LogP contribution is 2.14. The normalized spacial score (nSPS) is 14.5. The monoisotopic (exact) mass is 192 g/mol. The third-order valence-corrected chi connectivity index (χ3v) is 2.90. The van der Waals surface area contributed by atoms with E-state index in [-0.39, 0.29) is 5.48 Å². The Labute approximate surface area is 75.7 Å². The fraction of sp³-hybridized carbons (Fsp3) is 0.875. The van der Waals surface area contributed by atoms with Crippen LogP contribution < -0.4 is 4.89 Å². The number of quaternary nitrogens is 1. The van der Waals surface area contributed by atoms with E-state index in [1.54, 1.807) is 0 Å². The SMILES string of the molecule is CCC/[P+]([O-])=C(\O)C[N+](C)(C)C. The Kier molecular flexibility index (Phi) is 4.95. The summed E-state index contributed by atoms with van der Waals surface area (Å²) in [6, 6.07) is 0. The van der Waals surface area contributed by atoms with Gasteiger partial charge in [0.1, 0.15) is 6.16 Å². The Morgan fingerprint density at radius 3 is 2.25 bits per heavy atom. The molecule has 0 aliphatic heterocycles. The summed E-state index contributed by atoms with van der Waals surface area (Å²) in [5.41, 5.74) is 0.152. The average molecular weight is 192 g/mol. The van der Waals surface area contributed by atoms with Crippen LogP contribution in [0.5, 0.6) is 0 Å². The van der Waals surface area contributed by atoms with E-state index in [4.69, 9.17) is 0 Å². The molecule has 0 aromatic rings. The number of hydrogen-bond acceptors (Lipinski definition) is 1. The minimum atomic E-state index is -1.50. The van der Waals surface area contributed by atoms with Crippen molar-refractivity contribution in [2.75, 3.05) is 33.8 Å². The molecule has 12 heavy (non-hydrogen) atoms. The number of aliphatic hydroxyl groups is 1. The van der Waals surface area contributed by atoms with E-state index in [0.29, 0.717) is 17.2 Å². The molecule has 0 aliphatic carbocycles. The molecular weight excluding hydrogens is 173 g/mol. The molecule has 0 bridgehead atoms. The maximum atomic E-state index is 11.3. The first-order valence-electron chi connectivity index (χ1n) is 4.16.